The van der Waals surface area contributed by atoms with E-state index in [0.717, 1.165) is 18.8 Å². The van der Waals surface area contributed by atoms with Crippen molar-refractivity contribution >= 4 is 5.78 Å². The molecule has 0 fully saturated rings. The lowest BCUT2D eigenvalue weighted by Gasteiger charge is -2.06. The van der Waals surface area contributed by atoms with E-state index in [1.54, 1.807) is 6.20 Å². The molecule has 0 aromatic carbocycles. The molecule has 1 atom stereocenters. The number of ketones is 1. The zero-order valence-corrected chi connectivity index (χ0v) is 9.44. The van der Waals surface area contributed by atoms with Gasteiger partial charge >= 0.3 is 0 Å². The van der Waals surface area contributed by atoms with Crippen LogP contribution in [-0.4, -0.2) is 21.4 Å². The van der Waals surface area contributed by atoms with Crippen molar-refractivity contribution in [2.45, 2.75) is 45.7 Å². The summed E-state index contributed by atoms with van der Waals surface area (Å²) in [5.41, 5.74) is 5.57. The third-order valence-electron chi connectivity index (χ3n) is 2.17. The first-order chi connectivity index (χ1) is 7.13. The summed E-state index contributed by atoms with van der Waals surface area (Å²) < 4.78 is 2.03. The van der Waals surface area contributed by atoms with Gasteiger partial charge in [0.15, 0.2) is 0 Å². The second-order valence-electron chi connectivity index (χ2n) is 3.93. The summed E-state index contributed by atoms with van der Waals surface area (Å²) in [5.74, 6) is 1.01. The molecule has 0 aliphatic heterocycles. The third kappa shape index (κ3) is 3.83. The van der Waals surface area contributed by atoms with Crippen LogP contribution in [0.5, 0.6) is 0 Å². The molecule has 84 valence electrons. The van der Waals surface area contributed by atoms with Crippen molar-refractivity contribution in [2.24, 2.45) is 5.73 Å². The molecule has 15 heavy (non-hydrogen) atoms. The van der Waals surface area contributed by atoms with Crippen molar-refractivity contribution < 1.29 is 4.79 Å². The van der Waals surface area contributed by atoms with Crippen LogP contribution in [-0.2, 0) is 17.8 Å². The van der Waals surface area contributed by atoms with Gasteiger partial charge in [-0.25, -0.2) is 4.98 Å². The highest BCUT2D eigenvalue weighted by molar-refractivity contribution is 5.80. The number of aryl methyl sites for hydroxylation is 1. The van der Waals surface area contributed by atoms with Gasteiger partial charge < -0.3 is 10.3 Å². The highest BCUT2D eigenvalue weighted by atomic mass is 16.1. The van der Waals surface area contributed by atoms with Crippen molar-refractivity contribution in [1.29, 1.82) is 0 Å². The summed E-state index contributed by atoms with van der Waals surface area (Å²) in [6.07, 6.45) is 5.53. The van der Waals surface area contributed by atoms with E-state index in [-0.39, 0.29) is 11.8 Å². The minimum absolute atomic E-state index is 0.0629. The van der Waals surface area contributed by atoms with Crippen molar-refractivity contribution in [3.05, 3.63) is 18.2 Å². The van der Waals surface area contributed by atoms with Crippen LogP contribution in [0.4, 0.5) is 0 Å². The molecule has 0 spiro atoms. The fraction of sp³-hybridized carbons (Fsp3) is 0.636. The summed E-state index contributed by atoms with van der Waals surface area (Å²) in [4.78, 5) is 15.7. The van der Waals surface area contributed by atoms with Gasteiger partial charge in [0.05, 0.1) is 6.42 Å². The summed E-state index contributed by atoms with van der Waals surface area (Å²) in [5, 5.41) is 0. The van der Waals surface area contributed by atoms with Gasteiger partial charge in [0.25, 0.3) is 0 Å². The molecule has 0 aliphatic carbocycles. The molecule has 1 aromatic rings. The number of carbonyl (C=O) groups is 1. The Bertz CT molecular complexity index is 317. The van der Waals surface area contributed by atoms with Gasteiger partial charge in [-0.1, -0.05) is 6.92 Å². The van der Waals surface area contributed by atoms with E-state index in [4.69, 9.17) is 5.73 Å². The van der Waals surface area contributed by atoms with Crippen molar-refractivity contribution in [3.63, 3.8) is 0 Å². The largest absolute Gasteiger partial charge is 0.335 e. The summed E-state index contributed by atoms with van der Waals surface area (Å²) in [6, 6.07) is -0.0629. The quantitative estimate of drug-likeness (QED) is 0.764. The van der Waals surface area contributed by atoms with Crippen LogP contribution in [0.3, 0.4) is 0 Å². The summed E-state index contributed by atoms with van der Waals surface area (Å²) in [6.45, 7) is 4.87. The Labute approximate surface area is 90.5 Å². The molecule has 0 saturated heterocycles. The maximum absolute atomic E-state index is 11.5. The number of nitrogens with two attached hydrogens (primary N) is 1. The smallest absolute Gasteiger partial charge is 0.141 e. The van der Waals surface area contributed by atoms with Gasteiger partial charge in [-0.3, -0.25) is 4.79 Å². The lowest BCUT2D eigenvalue weighted by molar-refractivity contribution is -0.118. The van der Waals surface area contributed by atoms with E-state index in [1.807, 2.05) is 17.7 Å². The minimum atomic E-state index is -0.0629. The lowest BCUT2D eigenvalue weighted by Crippen LogP contribution is -2.21. The number of aromatic nitrogens is 2. The predicted molar refractivity (Wildman–Crippen MR) is 59.5 cm³/mol. The SMILES string of the molecule is CCCn1ccnc1CC(=O)CC(C)N. The van der Waals surface area contributed by atoms with Crippen molar-refractivity contribution in [1.82, 2.24) is 9.55 Å². The predicted octanol–water partition coefficient (Wildman–Crippen LogP) is 1.14. The third-order valence-corrected chi connectivity index (χ3v) is 2.17. The second kappa shape index (κ2) is 5.66. The molecule has 0 aliphatic rings. The van der Waals surface area contributed by atoms with Crippen LogP contribution in [0.25, 0.3) is 0 Å². The van der Waals surface area contributed by atoms with Crippen LogP contribution in [0.2, 0.25) is 0 Å². The van der Waals surface area contributed by atoms with Gasteiger partial charge in [0.1, 0.15) is 11.6 Å². The first kappa shape index (κ1) is 11.9. The van der Waals surface area contributed by atoms with Gasteiger partial charge in [-0.05, 0) is 13.3 Å². The van der Waals surface area contributed by atoms with Gasteiger partial charge in [0.2, 0.25) is 0 Å². The molecule has 0 amide bonds. The normalized spacial score (nSPS) is 12.7. The highest BCUT2D eigenvalue weighted by Crippen LogP contribution is 2.03. The molecule has 0 bridgehead atoms. The van der Waals surface area contributed by atoms with Crippen molar-refractivity contribution in [3.8, 4) is 0 Å². The molecule has 4 nitrogen and oxygen atoms in total. The Kier molecular flexibility index (Phi) is 4.49. The number of imidazole rings is 1. The number of nitrogens with zero attached hydrogens (tertiary/aromatic N) is 2. The van der Waals surface area contributed by atoms with Crippen LogP contribution in [0.1, 0.15) is 32.5 Å². The Morgan fingerprint density at radius 2 is 2.40 bits per heavy atom. The topological polar surface area (TPSA) is 60.9 Å². The standard InChI is InChI=1S/C11H19N3O/c1-3-5-14-6-4-13-11(14)8-10(15)7-9(2)12/h4,6,9H,3,5,7-8,12H2,1-2H3. The van der Waals surface area contributed by atoms with Crippen LogP contribution in [0, 0.1) is 0 Å². The number of Topliss-reactive ketones (excluding diaryl/α,β-unsaturated/α-hetero) is 1. The van der Waals surface area contributed by atoms with Crippen LogP contribution < -0.4 is 5.73 Å². The van der Waals surface area contributed by atoms with Crippen LogP contribution >= 0.6 is 0 Å². The second-order valence-corrected chi connectivity index (χ2v) is 3.93. The molecule has 0 saturated carbocycles. The maximum Gasteiger partial charge on any atom is 0.141 e. The fourth-order valence-electron chi connectivity index (χ4n) is 1.56. The Hall–Kier alpha value is -1.16. The molecule has 1 heterocycles. The average Bonchev–Trinajstić information content (AvgIpc) is 2.52. The van der Waals surface area contributed by atoms with Gasteiger partial charge in [-0.15, -0.1) is 0 Å². The lowest BCUT2D eigenvalue weighted by atomic mass is 10.1. The molecular weight excluding hydrogens is 190 g/mol. The first-order valence-electron chi connectivity index (χ1n) is 5.40. The zero-order chi connectivity index (χ0) is 11.3. The first-order valence-corrected chi connectivity index (χ1v) is 5.40. The Morgan fingerprint density at radius 3 is 3.00 bits per heavy atom. The van der Waals surface area contributed by atoms with E-state index in [9.17, 15) is 4.79 Å². The zero-order valence-electron chi connectivity index (χ0n) is 9.44. The average molecular weight is 209 g/mol. The van der Waals surface area contributed by atoms with E-state index in [2.05, 4.69) is 11.9 Å². The van der Waals surface area contributed by atoms with E-state index >= 15 is 0 Å². The number of hydrogen-bond acceptors (Lipinski definition) is 3. The Morgan fingerprint density at radius 1 is 1.67 bits per heavy atom. The monoisotopic (exact) mass is 209 g/mol. The molecule has 1 rings (SSSR count). The highest BCUT2D eigenvalue weighted by Gasteiger charge is 2.10. The van der Waals surface area contributed by atoms with E-state index in [1.165, 1.54) is 0 Å². The maximum atomic E-state index is 11.5. The van der Waals surface area contributed by atoms with Gasteiger partial charge in [0, 0.05) is 31.4 Å². The van der Waals surface area contributed by atoms with Crippen LogP contribution in [0.15, 0.2) is 12.4 Å². The van der Waals surface area contributed by atoms with Crippen molar-refractivity contribution in [2.75, 3.05) is 0 Å². The molecule has 2 N–H and O–H groups in total. The number of rotatable bonds is 6. The number of hydrogen-bond donors (Lipinski definition) is 1. The molecule has 1 unspecified atom stereocenters. The van der Waals surface area contributed by atoms with Gasteiger partial charge in [-0.2, -0.15) is 0 Å². The molecular formula is C11H19N3O. The van der Waals surface area contributed by atoms with E-state index in [0.29, 0.717) is 12.8 Å². The number of carbonyl (C=O) groups excluding carboxylic acids is 1. The fourth-order valence-corrected chi connectivity index (χ4v) is 1.56. The summed E-state index contributed by atoms with van der Waals surface area (Å²) >= 11 is 0. The molecule has 1 aromatic heterocycles. The Balaban J connectivity index is 2.55. The van der Waals surface area contributed by atoms with E-state index < -0.39 is 0 Å². The minimum Gasteiger partial charge on any atom is -0.335 e. The molecule has 4 heteroatoms. The summed E-state index contributed by atoms with van der Waals surface area (Å²) in [7, 11) is 0. The molecule has 0 radical (unpaired) electrons.